The van der Waals surface area contributed by atoms with Gasteiger partial charge in [-0.05, 0) is 25.2 Å². The second-order valence-electron chi connectivity index (χ2n) is 5.20. The van der Waals surface area contributed by atoms with E-state index in [0.29, 0.717) is 11.7 Å². The maximum atomic E-state index is 5.63. The Bertz CT molecular complexity index is 324. The summed E-state index contributed by atoms with van der Waals surface area (Å²) in [7, 11) is 0. The van der Waals surface area contributed by atoms with Gasteiger partial charge >= 0.3 is 0 Å². The first-order valence-electron chi connectivity index (χ1n) is 5.85. The minimum atomic E-state index is 0.221. The van der Waals surface area contributed by atoms with Crippen LogP contribution in [0, 0.1) is 5.92 Å². The van der Waals surface area contributed by atoms with E-state index in [9.17, 15) is 0 Å². The van der Waals surface area contributed by atoms with Crippen molar-refractivity contribution in [2.24, 2.45) is 5.92 Å². The minimum Gasteiger partial charge on any atom is -0.381 e. The Morgan fingerprint density at radius 1 is 1.47 bits per heavy atom. The fraction of sp³-hybridized carbons (Fsp3) is 0.750. The van der Waals surface area contributed by atoms with Crippen LogP contribution in [0.15, 0.2) is 10.6 Å². The highest BCUT2D eigenvalue weighted by molar-refractivity contribution is 5.31. The largest absolute Gasteiger partial charge is 0.381 e. The van der Waals surface area contributed by atoms with Crippen LogP contribution >= 0.6 is 0 Å². The smallest absolute Gasteiger partial charge is 0.167 e. The number of hydrogen-bond donors (Lipinski definition) is 1. The van der Waals surface area contributed by atoms with Crippen LogP contribution in [-0.2, 0) is 5.41 Å². The van der Waals surface area contributed by atoms with E-state index in [4.69, 9.17) is 10.3 Å². The number of nitrogens with zero attached hydrogens (tertiary/aromatic N) is 1. The Labute approximate surface area is 91.0 Å². The molecular formula is C12H20N2O. The standard InChI is InChI=1S/C12H20N2O/c1-9(2)8-12(5-3-4-6-12)10-7-11(13)14-15-10/h7,9H,3-6,8H2,1-2H3,(H2,13,14). The maximum Gasteiger partial charge on any atom is 0.167 e. The zero-order valence-corrected chi connectivity index (χ0v) is 9.62. The molecule has 2 N–H and O–H groups in total. The number of nitrogens with two attached hydrogens (primary N) is 1. The van der Waals surface area contributed by atoms with Crippen molar-refractivity contribution in [3.8, 4) is 0 Å². The molecule has 0 aromatic carbocycles. The van der Waals surface area contributed by atoms with E-state index in [-0.39, 0.29) is 5.41 Å². The van der Waals surface area contributed by atoms with E-state index in [1.807, 2.05) is 6.07 Å². The van der Waals surface area contributed by atoms with Gasteiger partial charge in [-0.15, -0.1) is 0 Å². The highest BCUT2D eigenvalue weighted by atomic mass is 16.5. The summed E-state index contributed by atoms with van der Waals surface area (Å²) in [6.07, 6.45) is 6.22. The van der Waals surface area contributed by atoms with E-state index in [2.05, 4.69) is 19.0 Å². The molecule has 3 nitrogen and oxygen atoms in total. The van der Waals surface area contributed by atoms with Crippen molar-refractivity contribution >= 4 is 5.82 Å². The van der Waals surface area contributed by atoms with Crippen LogP contribution in [-0.4, -0.2) is 5.16 Å². The number of nitrogen functional groups attached to an aromatic ring is 1. The van der Waals surface area contributed by atoms with Gasteiger partial charge in [0.05, 0.1) is 0 Å². The lowest BCUT2D eigenvalue weighted by Crippen LogP contribution is -2.23. The van der Waals surface area contributed by atoms with E-state index < -0.39 is 0 Å². The van der Waals surface area contributed by atoms with Gasteiger partial charge in [0.25, 0.3) is 0 Å². The number of anilines is 1. The van der Waals surface area contributed by atoms with Gasteiger partial charge in [0.1, 0.15) is 5.76 Å². The van der Waals surface area contributed by atoms with Crippen LogP contribution in [0.25, 0.3) is 0 Å². The molecular weight excluding hydrogens is 188 g/mol. The van der Waals surface area contributed by atoms with E-state index in [1.54, 1.807) is 0 Å². The lowest BCUT2D eigenvalue weighted by Gasteiger charge is -2.27. The lowest BCUT2D eigenvalue weighted by molar-refractivity contribution is 0.253. The van der Waals surface area contributed by atoms with Crippen molar-refractivity contribution in [3.63, 3.8) is 0 Å². The summed E-state index contributed by atoms with van der Waals surface area (Å²) in [5.41, 5.74) is 5.85. The molecule has 1 fully saturated rings. The highest BCUT2D eigenvalue weighted by Gasteiger charge is 2.39. The van der Waals surface area contributed by atoms with Crippen LogP contribution in [0.2, 0.25) is 0 Å². The summed E-state index contributed by atoms with van der Waals surface area (Å²) < 4.78 is 5.38. The molecule has 1 aromatic rings. The normalized spacial score (nSPS) is 19.9. The monoisotopic (exact) mass is 208 g/mol. The summed E-state index contributed by atoms with van der Waals surface area (Å²) in [4.78, 5) is 0. The molecule has 1 heterocycles. The fourth-order valence-electron chi connectivity index (χ4n) is 2.92. The molecule has 1 aromatic heterocycles. The van der Waals surface area contributed by atoms with E-state index >= 15 is 0 Å². The van der Waals surface area contributed by atoms with Gasteiger partial charge < -0.3 is 10.3 Å². The van der Waals surface area contributed by atoms with Crippen molar-refractivity contribution < 1.29 is 4.52 Å². The Balaban J connectivity index is 2.26. The van der Waals surface area contributed by atoms with Crippen molar-refractivity contribution in [3.05, 3.63) is 11.8 Å². The molecule has 2 rings (SSSR count). The molecule has 0 amide bonds. The fourth-order valence-corrected chi connectivity index (χ4v) is 2.92. The first-order valence-corrected chi connectivity index (χ1v) is 5.85. The molecule has 84 valence electrons. The third-order valence-corrected chi connectivity index (χ3v) is 3.41. The molecule has 1 saturated carbocycles. The summed E-state index contributed by atoms with van der Waals surface area (Å²) in [6, 6.07) is 1.91. The topological polar surface area (TPSA) is 52.0 Å². The zero-order chi connectivity index (χ0) is 10.9. The third kappa shape index (κ3) is 2.01. The van der Waals surface area contributed by atoms with Gasteiger partial charge in [-0.25, -0.2) is 0 Å². The van der Waals surface area contributed by atoms with Crippen molar-refractivity contribution in [2.45, 2.75) is 51.4 Å². The Morgan fingerprint density at radius 2 is 2.13 bits per heavy atom. The van der Waals surface area contributed by atoms with Crippen LogP contribution in [0.1, 0.15) is 51.7 Å². The van der Waals surface area contributed by atoms with Crippen molar-refractivity contribution in [1.82, 2.24) is 5.16 Å². The molecule has 0 bridgehead atoms. The molecule has 3 heteroatoms. The average molecular weight is 208 g/mol. The molecule has 0 radical (unpaired) electrons. The van der Waals surface area contributed by atoms with Gasteiger partial charge in [0.15, 0.2) is 5.82 Å². The molecule has 1 aliphatic rings. The summed E-state index contributed by atoms with van der Waals surface area (Å²) in [5, 5.41) is 3.82. The summed E-state index contributed by atoms with van der Waals surface area (Å²) in [5.74, 6) is 2.21. The molecule has 0 aliphatic heterocycles. The average Bonchev–Trinajstić information content (AvgIpc) is 2.73. The van der Waals surface area contributed by atoms with E-state index in [0.717, 1.165) is 5.76 Å². The number of aromatic nitrogens is 1. The third-order valence-electron chi connectivity index (χ3n) is 3.41. The predicted octanol–water partition coefficient (Wildman–Crippen LogP) is 3.11. The number of rotatable bonds is 3. The second kappa shape index (κ2) is 3.87. The molecule has 15 heavy (non-hydrogen) atoms. The Morgan fingerprint density at radius 3 is 2.60 bits per heavy atom. The molecule has 0 spiro atoms. The number of hydrogen-bond acceptors (Lipinski definition) is 3. The Kier molecular flexibility index (Phi) is 2.72. The molecule has 0 unspecified atom stereocenters. The SMILES string of the molecule is CC(C)CC1(c2cc(N)no2)CCCC1. The van der Waals surface area contributed by atoms with Gasteiger partial charge in [0.2, 0.25) is 0 Å². The Hall–Kier alpha value is -0.990. The lowest BCUT2D eigenvalue weighted by atomic mass is 9.76. The zero-order valence-electron chi connectivity index (χ0n) is 9.62. The summed E-state index contributed by atoms with van der Waals surface area (Å²) in [6.45, 7) is 4.53. The van der Waals surface area contributed by atoms with Crippen molar-refractivity contribution in [1.29, 1.82) is 0 Å². The van der Waals surface area contributed by atoms with Crippen LogP contribution in [0.4, 0.5) is 5.82 Å². The first kappa shape index (κ1) is 10.5. The van der Waals surface area contributed by atoms with Gasteiger partial charge in [0, 0.05) is 11.5 Å². The van der Waals surface area contributed by atoms with Gasteiger partial charge in [-0.1, -0.05) is 31.8 Å². The van der Waals surface area contributed by atoms with Gasteiger partial charge in [-0.3, -0.25) is 0 Å². The molecule has 0 atom stereocenters. The maximum absolute atomic E-state index is 5.63. The van der Waals surface area contributed by atoms with Crippen LogP contribution < -0.4 is 5.73 Å². The molecule has 0 saturated heterocycles. The minimum absolute atomic E-state index is 0.221. The first-order chi connectivity index (χ1) is 7.12. The second-order valence-corrected chi connectivity index (χ2v) is 5.20. The highest BCUT2D eigenvalue weighted by Crippen LogP contribution is 2.45. The quantitative estimate of drug-likeness (QED) is 0.830. The summed E-state index contributed by atoms with van der Waals surface area (Å²) >= 11 is 0. The van der Waals surface area contributed by atoms with Gasteiger partial charge in [-0.2, -0.15) is 0 Å². The van der Waals surface area contributed by atoms with Crippen molar-refractivity contribution in [2.75, 3.05) is 5.73 Å². The van der Waals surface area contributed by atoms with E-state index in [1.165, 1.54) is 32.1 Å². The predicted molar refractivity (Wildman–Crippen MR) is 60.5 cm³/mol. The van der Waals surface area contributed by atoms with Crippen LogP contribution in [0.3, 0.4) is 0 Å². The van der Waals surface area contributed by atoms with Crippen LogP contribution in [0.5, 0.6) is 0 Å². The molecule has 1 aliphatic carbocycles.